The van der Waals surface area contributed by atoms with Crippen molar-refractivity contribution in [1.82, 2.24) is 0 Å². The molecule has 0 atom stereocenters. The minimum atomic E-state index is 0.739. The number of nitrogens with two attached hydrogens (primary N) is 1. The van der Waals surface area contributed by atoms with Gasteiger partial charge in [-0.05, 0) is 31.2 Å². The van der Waals surface area contributed by atoms with Crippen LogP contribution in [0.1, 0.15) is 6.92 Å². The number of aromatic nitrogens is 1. The first-order chi connectivity index (χ1) is 11.8. The van der Waals surface area contributed by atoms with Crippen LogP contribution in [-0.4, -0.2) is 24.6 Å². The first kappa shape index (κ1) is 18.8. The SMILES string of the molecule is CC[n+]1ccc(N=Nc2ccc(NCCSSCCN)cc2)cc1. The van der Waals surface area contributed by atoms with Crippen LogP contribution in [0.3, 0.4) is 0 Å². The number of rotatable bonds is 10. The van der Waals surface area contributed by atoms with Crippen LogP contribution in [0, 0.1) is 0 Å². The summed E-state index contributed by atoms with van der Waals surface area (Å²) in [5.41, 5.74) is 8.26. The summed E-state index contributed by atoms with van der Waals surface area (Å²) in [6, 6.07) is 11.9. The lowest BCUT2D eigenvalue weighted by molar-refractivity contribution is -0.693. The van der Waals surface area contributed by atoms with Crippen molar-refractivity contribution in [3.8, 4) is 0 Å². The van der Waals surface area contributed by atoms with E-state index in [1.807, 2.05) is 70.4 Å². The topological polar surface area (TPSA) is 66.6 Å². The molecule has 0 bridgehead atoms. The maximum absolute atomic E-state index is 5.46. The van der Waals surface area contributed by atoms with Gasteiger partial charge in [0.05, 0.1) is 11.4 Å². The maximum Gasteiger partial charge on any atom is 0.170 e. The Morgan fingerprint density at radius 1 is 0.958 bits per heavy atom. The summed E-state index contributed by atoms with van der Waals surface area (Å²) >= 11 is 0. The summed E-state index contributed by atoms with van der Waals surface area (Å²) in [5.74, 6) is 2.06. The van der Waals surface area contributed by atoms with E-state index < -0.39 is 0 Å². The molecule has 5 nitrogen and oxygen atoms in total. The van der Waals surface area contributed by atoms with Crippen LogP contribution < -0.4 is 15.6 Å². The predicted molar refractivity (Wildman–Crippen MR) is 105 cm³/mol. The Labute approximate surface area is 151 Å². The van der Waals surface area contributed by atoms with E-state index in [9.17, 15) is 0 Å². The van der Waals surface area contributed by atoms with Gasteiger partial charge < -0.3 is 11.1 Å². The van der Waals surface area contributed by atoms with Gasteiger partial charge in [-0.2, -0.15) is 10.2 Å². The van der Waals surface area contributed by atoms with Crippen LogP contribution in [0.5, 0.6) is 0 Å². The molecule has 0 aliphatic carbocycles. The average Bonchev–Trinajstić information content (AvgIpc) is 2.64. The van der Waals surface area contributed by atoms with E-state index in [1.165, 1.54) is 0 Å². The van der Waals surface area contributed by atoms with Gasteiger partial charge >= 0.3 is 0 Å². The number of hydrogen-bond acceptors (Lipinski definition) is 6. The molecule has 3 N–H and O–H groups in total. The molecule has 1 heterocycles. The van der Waals surface area contributed by atoms with E-state index in [2.05, 4.69) is 27.0 Å². The number of pyridine rings is 1. The lowest BCUT2D eigenvalue weighted by Crippen LogP contribution is -2.30. The van der Waals surface area contributed by atoms with Crippen molar-refractivity contribution >= 4 is 38.6 Å². The van der Waals surface area contributed by atoms with E-state index in [0.29, 0.717) is 0 Å². The van der Waals surface area contributed by atoms with Crippen LogP contribution in [0.15, 0.2) is 59.0 Å². The van der Waals surface area contributed by atoms with E-state index in [-0.39, 0.29) is 0 Å². The summed E-state index contributed by atoms with van der Waals surface area (Å²) in [7, 11) is 3.67. The van der Waals surface area contributed by atoms with Crippen LogP contribution in [0.25, 0.3) is 0 Å². The average molecular weight is 363 g/mol. The third kappa shape index (κ3) is 6.90. The van der Waals surface area contributed by atoms with Gasteiger partial charge in [-0.3, -0.25) is 0 Å². The van der Waals surface area contributed by atoms with Crippen molar-refractivity contribution in [2.24, 2.45) is 16.0 Å². The number of anilines is 1. The fourth-order valence-corrected chi connectivity index (χ4v) is 3.65. The number of nitrogens with one attached hydrogen (secondary N) is 1. The molecule has 0 amide bonds. The van der Waals surface area contributed by atoms with Gasteiger partial charge in [0, 0.05) is 42.4 Å². The molecule has 0 radical (unpaired) electrons. The van der Waals surface area contributed by atoms with Crippen LogP contribution in [0.4, 0.5) is 17.1 Å². The molecule has 2 aromatic rings. The third-order valence-electron chi connectivity index (χ3n) is 3.19. The van der Waals surface area contributed by atoms with Gasteiger partial charge in [0.25, 0.3) is 0 Å². The standard InChI is InChI=1S/C17H23N5S2/c1-2-22-11-7-17(8-12-22)21-20-16-5-3-15(4-6-16)19-10-14-24-23-13-9-18/h3-8,11-12H,2,9-10,13-14,18H2,1H3/p+1. The zero-order valence-corrected chi connectivity index (χ0v) is 15.5. The monoisotopic (exact) mass is 362 g/mol. The molecular weight excluding hydrogens is 338 g/mol. The largest absolute Gasteiger partial charge is 0.384 e. The smallest absolute Gasteiger partial charge is 0.170 e. The minimum Gasteiger partial charge on any atom is -0.384 e. The molecule has 2 rings (SSSR count). The highest BCUT2D eigenvalue weighted by Gasteiger charge is 1.97. The Morgan fingerprint density at radius 3 is 2.21 bits per heavy atom. The van der Waals surface area contributed by atoms with Crippen molar-refractivity contribution < 1.29 is 4.57 Å². The summed E-state index contributed by atoms with van der Waals surface area (Å²) in [4.78, 5) is 0. The highest BCUT2D eigenvalue weighted by molar-refractivity contribution is 8.76. The Morgan fingerprint density at radius 2 is 1.58 bits per heavy atom. The minimum absolute atomic E-state index is 0.739. The quantitative estimate of drug-likeness (QED) is 0.288. The van der Waals surface area contributed by atoms with Crippen molar-refractivity contribution in [3.05, 3.63) is 48.8 Å². The van der Waals surface area contributed by atoms with Gasteiger partial charge in [-0.15, -0.1) is 0 Å². The first-order valence-electron chi connectivity index (χ1n) is 8.01. The normalized spacial score (nSPS) is 11.1. The molecule has 1 aromatic heterocycles. The van der Waals surface area contributed by atoms with Gasteiger partial charge in [0.2, 0.25) is 0 Å². The number of azo groups is 1. The molecule has 0 saturated carbocycles. The van der Waals surface area contributed by atoms with Crippen LogP contribution in [0.2, 0.25) is 0 Å². The molecular formula is C17H24N5S2+. The number of benzene rings is 1. The van der Waals surface area contributed by atoms with Gasteiger partial charge in [-0.25, -0.2) is 4.57 Å². The van der Waals surface area contributed by atoms with Gasteiger partial charge in [-0.1, -0.05) is 21.6 Å². The van der Waals surface area contributed by atoms with E-state index in [1.54, 1.807) is 0 Å². The second kappa shape index (κ2) is 11.1. The van der Waals surface area contributed by atoms with Crippen molar-refractivity contribution in [3.63, 3.8) is 0 Å². The van der Waals surface area contributed by atoms with E-state index >= 15 is 0 Å². The number of nitrogens with zero attached hydrogens (tertiary/aromatic N) is 3. The summed E-state index contributed by atoms with van der Waals surface area (Å²) in [5, 5.41) is 11.9. The Bertz CT molecular complexity index is 614. The van der Waals surface area contributed by atoms with Crippen molar-refractivity contribution in [1.29, 1.82) is 0 Å². The third-order valence-corrected chi connectivity index (χ3v) is 5.63. The molecule has 7 heteroatoms. The number of hydrogen-bond donors (Lipinski definition) is 2. The molecule has 24 heavy (non-hydrogen) atoms. The molecule has 0 fully saturated rings. The number of aryl methyl sites for hydroxylation is 1. The zero-order chi connectivity index (χ0) is 17.0. The van der Waals surface area contributed by atoms with Crippen molar-refractivity contribution in [2.75, 3.05) is 29.9 Å². The van der Waals surface area contributed by atoms with E-state index in [0.717, 1.165) is 48.2 Å². The van der Waals surface area contributed by atoms with Gasteiger partial charge in [0.1, 0.15) is 6.54 Å². The Kier molecular flexibility index (Phi) is 8.65. The summed E-state index contributed by atoms with van der Waals surface area (Å²) < 4.78 is 2.09. The second-order valence-corrected chi connectivity index (χ2v) is 7.70. The fourth-order valence-electron chi connectivity index (χ4n) is 1.89. The molecule has 0 aliphatic rings. The fraction of sp³-hybridized carbons (Fsp3) is 0.353. The molecule has 0 spiro atoms. The molecule has 0 aliphatic heterocycles. The zero-order valence-electron chi connectivity index (χ0n) is 13.9. The Hall–Kier alpha value is -1.57. The molecule has 1 aromatic carbocycles. The highest BCUT2D eigenvalue weighted by atomic mass is 33.1. The summed E-state index contributed by atoms with van der Waals surface area (Å²) in [6.45, 7) is 4.73. The maximum atomic E-state index is 5.46. The Balaban J connectivity index is 1.77. The summed E-state index contributed by atoms with van der Waals surface area (Å²) in [6.07, 6.45) is 4.01. The highest BCUT2D eigenvalue weighted by Crippen LogP contribution is 2.21. The molecule has 0 saturated heterocycles. The van der Waals surface area contributed by atoms with Crippen LogP contribution >= 0.6 is 21.6 Å². The van der Waals surface area contributed by atoms with E-state index in [4.69, 9.17) is 5.73 Å². The van der Waals surface area contributed by atoms with Gasteiger partial charge in [0.15, 0.2) is 12.4 Å². The second-order valence-electron chi connectivity index (χ2n) is 4.99. The molecule has 0 unspecified atom stereocenters. The van der Waals surface area contributed by atoms with Crippen molar-refractivity contribution in [2.45, 2.75) is 13.5 Å². The molecule has 128 valence electrons. The lowest BCUT2D eigenvalue weighted by Gasteiger charge is -2.05. The van der Waals surface area contributed by atoms with Crippen LogP contribution in [-0.2, 0) is 6.54 Å². The predicted octanol–water partition coefficient (Wildman–Crippen LogP) is 4.16. The first-order valence-corrected chi connectivity index (χ1v) is 10.5. The lowest BCUT2D eigenvalue weighted by atomic mass is 10.3.